The molecule has 30 heteroatoms. The smallest absolute Gasteiger partial charge is 0.0793 e. The second-order valence-electron chi connectivity index (χ2n) is 19.3. The van der Waals surface area contributed by atoms with E-state index in [1.807, 2.05) is 19.6 Å². The van der Waals surface area contributed by atoms with E-state index in [0.717, 1.165) is 0 Å². The lowest BCUT2D eigenvalue weighted by molar-refractivity contribution is -0.308. The maximum Gasteiger partial charge on any atom is 0.0793 e. The number of β-amino-alcohol motifs (C(OH)–C–C–N with tert-alkyl or cyclic N) is 2. The Morgan fingerprint density at radius 1 is 0.333 bits per heavy atom. The van der Waals surface area contributed by atoms with E-state index in [2.05, 4.69) is 0 Å². The molecule has 0 aromatic heterocycles. The molecule has 0 aliphatic carbocycles. The molecule has 2 aliphatic rings. The van der Waals surface area contributed by atoms with Crippen molar-refractivity contribution in [3.8, 4) is 0 Å². The molecule has 2 rings (SSSR count). The molecule has 0 aromatic rings. The van der Waals surface area contributed by atoms with Gasteiger partial charge >= 0.3 is 0 Å². The molecule has 2 atom stereocenters. The molecule has 0 bridgehead atoms. The Bertz CT molecular complexity index is 1490. The Hall–Kier alpha value is -3.90. The molecule has 0 aromatic carbocycles. The third kappa shape index (κ3) is 37.1. The summed E-state index contributed by atoms with van der Waals surface area (Å²) in [6.45, 7) is 3.50. The van der Waals surface area contributed by atoms with E-state index >= 15 is 0 Å². The fourth-order valence-electron chi connectivity index (χ4n) is 8.91. The minimum absolute atomic E-state index is 0.0881. The maximum absolute atomic E-state index is 11.8. The summed E-state index contributed by atoms with van der Waals surface area (Å²) >= 11 is 0. The molecule has 2 aliphatic heterocycles. The quantitative estimate of drug-likeness (QED) is 0.0415. The van der Waals surface area contributed by atoms with Crippen LogP contribution < -0.4 is 30.6 Å². The minimum atomic E-state index is -1.34. The summed E-state index contributed by atoms with van der Waals surface area (Å²) in [5, 5.41) is 112. The Kier molecular flexibility index (Phi) is 38.6. The van der Waals surface area contributed by atoms with Crippen molar-refractivity contribution in [3.05, 3.63) is 0 Å². The van der Waals surface area contributed by atoms with Crippen LogP contribution in [0.15, 0.2) is 0 Å². The Balaban J connectivity index is 2.35. The molecule has 0 spiro atoms. The number of aliphatic carboxylic acids is 6. The first-order chi connectivity index (χ1) is 37.3. The summed E-state index contributed by atoms with van der Waals surface area (Å²) in [7, 11) is 0. The van der Waals surface area contributed by atoms with Crippen molar-refractivity contribution in [1.29, 1.82) is 0 Å². The van der Waals surface area contributed by atoms with Gasteiger partial charge in [-0.1, -0.05) is 0 Å². The van der Waals surface area contributed by atoms with Gasteiger partial charge in [0.15, 0.2) is 0 Å². The maximum atomic E-state index is 11.8. The number of ether oxygens (including phenoxy) is 4. The summed E-state index contributed by atoms with van der Waals surface area (Å²) in [4.78, 5) is 87.2. The normalized spacial score (nSPS) is 18.7. The number of aliphatic hydroxyl groups is 4. The average molecular weight is 1120 g/mol. The zero-order valence-corrected chi connectivity index (χ0v) is 45.2. The molecule has 30 nitrogen and oxygen atoms in total. The predicted octanol–water partition coefficient (Wildman–Crippen LogP) is -14.7. The van der Waals surface area contributed by atoms with Crippen LogP contribution >= 0.6 is 0 Å². The van der Waals surface area contributed by atoms with Crippen molar-refractivity contribution in [3.63, 3.8) is 0 Å². The number of carboxylic acids is 6. The third-order valence-electron chi connectivity index (χ3n) is 12.9. The van der Waals surface area contributed by atoms with Crippen LogP contribution in [0, 0.1) is 0 Å². The van der Waals surface area contributed by atoms with Gasteiger partial charge in [0.1, 0.15) is 0 Å². The predicted molar refractivity (Wildman–Crippen MR) is 264 cm³/mol. The Labute approximate surface area is 457 Å². The van der Waals surface area contributed by atoms with Crippen LogP contribution in [0.2, 0.25) is 0 Å². The summed E-state index contributed by atoms with van der Waals surface area (Å²) in [5.41, 5.74) is 0. The van der Waals surface area contributed by atoms with E-state index in [-0.39, 0.29) is 197 Å². The second kappa shape index (κ2) is 42.9. The van der Waals surface area contributed by atoms with Crippen LogP contribution in [-0.2, 0) is 47.7 Å². The van der Waals surface area contributed by atoms with Gasteiger partial charge in [-0.15, -0.1) is 0 Å². The summed E-state index contributed by atoms with van der Waals surface area (Å²) in [5.74, 6) is -8.00. The van der Waals surface area contributed by atoms with Gasteiger partial charge in [-0.3, -0.25) is 49.0 Å². The lowest BCUT2D eigenvalue weighted by Gasteiger charge is -2.36. The van der Waals surface area contributed by atoms with E-state index in [9.17, 15) is 69.6 Å². The number of hydrogen-bond acceptors (Lipinski definition) is 30. The van der Waals surface area contributed by atoms with Crippen LogP contribution in [0.5, 0.6) is 0 Å². The van der Waals surface area contributed by atoms with Crippen LogP contribution in [0.25, 0.3) is 0 Å². The van der Waals surface area contributed by atoms with Crippen LogP contribution in [0.3, 0.4) is 0 Å². The first-order valence-corrected chi connectivity index (χ1v) is 26.6. The summed E-state index contributed by atoms with van der Waals surface area (Å²) in [6, 6.07) is 0. The van der Waals surface area contributed by atoms with Crippen LogP contribution in [-0.4, -0.2) is 380 Å². The number of nitrogens with zero attached hydrogens (tertiary/aromatic N) is 10. The number of carbonyl (C=O) groups excluding carboxylic acids is 6. The molecule has 2 unspecified atom stereocenters. The zero-order valence-electron chi connectivity index (χ0n) is 45.2. The van der Waals surface area contributed by atoms with E-state index in [1.165, 1.54) is 0 Å². The fraction of sp³-hybridized carbons (Fsp3) is 0.875. The SMILES string of the molecule is O=C([O-])CN1CCN(CC(=O)[O-])CCN(CC(O)CN(CCOCCOCCO)CCN(CCOCCOCCO)CC(O)CN2CCN(CC(=O)[O-])CCN(CC(=O)[O-])CCN(CC(=O)[O-])CC2)CCN(CC(=O)[O-])CC1. The van der Waals surface area contributed by atoms with Gasteiger partial charge in [0.25, 0.3) is 0 Å². The molecular weight excluding hydrogens is 1040 g/mol. The van der Waals surface area contributed by atoms with E-state index in [4.69, 9.17) is 29.2 Å². The number of aliphatic hydroxyl groups excluding tert-OH is 4. The first-order valence-electron chi connectivity index (χ1n) is 26.6. The van der Waals surface area contributed by atoms with Gasteiger partial charge in [-0.25, -0.2) is 0 Å². The molecule has 454 valence electrons. The third-order valence-corrected chi connectivity index (χ3v) is 12.9. The van der Waals surface area contributed by atoms with E-state index in [0.29, 0.717) is 26.2 Å². The van der Waals surface area contributed by atoms with Crippen molar-refractivity contribution < 1.29 is 98.8 Å². The van der Waals surface area contributed by atoms with Gasteiger partial charge in [0.2, 0.25) is 0 Å². The number of rotatable bonds is 39. The highest BCUT2D eigenvalue weighted by Gasteiger charge is 2.24. The van der Waals surface area contributed by atoms with Crippen molar-refractivity contribution in [1.82, 2.24) is 49.0 Å². The minimum Gasteiger partial charge on any atom is -0.549 e. The molecule has 2 fully saturated rings. The molecule has 0 radical (unpaired) electrons. The van der Waals surface area contributed by atoms with Gasteiger partial charge in [-0.2, -0.15) is 0 Å². The van der Waals surface area contributed by atoms with E-state index < -0.39 is 87.3 Å². The highest BCUT2D eigenvalue weighted by molar-refractivity contribution is 5.68. The second-order valence-corrected chi connectivity index (χ2v) is 19.3. The molecule has 4 N–H and O–H groups in total. The van der Waals surface area contributed by atoms with Crippen molar-refractivity contribution in [2.75, 3.05) is 262 Å². The lowest BCUT2D eigenvalue weighted by atomic mass is 10.2. The molecule has 78 heavy (non-hydrogen) atoms. The van der Waals surface area contributed by atoms with Crippen LogP contribution in [0.4, 0.5) is 0 Å². The zero-order chi connectivity index (χ0) is 57.5. The standard InChI is InChI=1S/C48H92N10O20/c59-21-25-77-29-27-75-23-19-57(33-41(61)31-49-1-5-51(35-43(63)64)9-13-55(39-47(71)72)14-10-52(6-2-49)36-44(65)66)17-18-58(20-24-76-28-30-78-26-22-60)34-42(62)32-50-3-7-53(37-45(67)68)11-15-56(40-48(73)74)16-12-54(8-4-50)38-46(69)70/h41-42,59-62H,1-40H2,(H,63,64)(H,65,66)(H,67,68)(H,69,70)(H,71,72)(H,73,74)/p-6. The molecular formula is C48H86N10O20-6. The lowest BCUT2D eigenvalue weighted by Crippen LogP contribution is -2.52. The first kappa shape index (κ1) is 70.2. The van der Waals surface area contributed by atoms with Crippen molar-refractivity contribution >= 4 is 35.8 Å². The molecule has 2 heterocycles. The van der Waals surface area contributed by atoms with Crippen molar-refractivity contribution in [2.45, 2.75) is 12.2 Å². The van der Waals surface area contributed by atoms with Crippen molar-refractivity contribution in [2.24, 2.45) is 0 Å². The fourth-order valence-corrected chi connectivity index (χ4v) is 8.91. The average Bonchev–Trinajstić information content (AvgIpc) is 3.35. The number of hydrogen-bond donors (Lipinski definition) is 4. The number of carbonyl (C=O) groups is 6. The topological polar surface area (TPSA) is 391 Å². The highest BCUT2D eigenvalue weighted by Crippen LogP contribution is 2.07. The van der Waals surface area contributed by atoms with Gasteiger partial charge in [0, 0.05) is 196 Å². The molecule has 2 saturated heterocycles. The highest BCUT2D eigenvalue weighted by atomic mass is 16.5. The summed E-state index contributed by atoms with van der Waals surface area (Å²) in [6.07, 6.45) is -2.01. The Morgan fingerprint density at radius 3 is 0.744 bits per heavy atom. The summed E-state index contributed by atoms with van der Waals surface area (Å²) < 4.78 is 22.3. The van der Waals surface area contributed by atoms with Gasteiger partial charge in [0.05, 0.1) is 114 Å². The van der Waals surface area contributed by atoms with Crippen LogP contribution in [0.1, 0.15) is 0 Å². The molecule has 0 saturated carbocycles. The number of carboxylic acid groups (broad SMARTS) is 6. The van der Waals surface area contributed by atoms with Gasteiger partial charge < -0.3 is 98.8 Å². The largest absolute Gasteiger partial charge is 0.549 e. The van der Waals surface area contributed by atoms with Gasteiger partial charge in [-0.05, 0) is 0 Å². The molecule has 0 amide bonds. The Morgan fingerprint density at radius 2 is 0.538 bits per heavy atom. The van der Waals surface area contributed by atoms with E-state index in [1.54, 1.807) is 29.4 Å². The monoisotopic (exact) mass is 1120 g/mol.